The molecule has 0 fully saturated rings. The van der Waals surface area contributed by atoms with E-state index >= 15 is 0 Å². The molecule has 1 aromatic carbocycles. The van der Waals surface area contributed by atoms with Gasteiger partial charge in [0.25, 0.3) is 0 Å². The fourth-order valence-corrected chi connectivity index (χ4v) is 2.44. The summed E-state index contributed by atoms with van der Waals surface area (Å²) in [6.45, 7) is 9.77. The van der Waals surface area contributed by atoms with Crippen LogP contribution in [-0.4, -0.2) is 37.8 Å². The molecule has 0 saturated carbocycles. The summed E-state index contributed by atoms with van der Waals surface area (Å²) >= 11 is 0. The highest BCUT2D eigenvalue weighted by molar-refractivity contribution is 7.89. The summed E-state index contributed by atoms with van der Waals surface area (Å²) in [7, 11) is -4.05. The van der Waals surface area contributed by atoms with Gasteiger partial charge in [0.2, 0.25) is 16.0 Å². The van der Waals surface area contributed by atoms with Crippen molar-refractivity contribution in [2.24, 2.45) is 5.14 Å². The van der Waals surface area contributed by atoms with E-state index in [9.17, 15) is 18.0 Å². The zero-order valence-corrected chi connectivity index (χ0v) is 17.5. The van der Waals surface area contributed by atoms with Gasteiger partial charge in [0.05, 0.1) is 10.6 Å². The molecule has 0 heterocycles. The molecule has 4 N–H and O–H groups in total. The Bertz CT molecular complexity index is 868. The van der Waals surface area contributed by atoms with E-state index in [1.807, 2.05) is 0 Å². The Morgan fingerprint density at radius 3 is 2.07 bits per heavy atom. The van der Waals surface area contributed by atoms with Crippen molar-refractivity contribution in [1.82, 2.24) is 5.32 Å². The second-order valence-corrected chi connectivity index (χ2v) is 9.40. The summed E-state index contributed by atoms with van der Waals surface area (Å²) < 4.78 is 33.5. The molecule has 0 radical (unpaired) electrons. The van der Waals surface area contributed by atoms with E-state index in [4.69, 9.17) is 20.0 Å². The van der Waals surface area contributed by atoms with Crippen molar-refractivity contribution >= 4 is 33.9 Å². The molecule has 0 aliphatic heterocycles. The van der Waals surface area contributed by atoms with Crippen molar-refractivity contribution < 1.29 is 27.5 Å². The predicted molar refractivity (Wildman–Crippen MR) is 104 cm³/mol. The fraction of sp³-hybridized carbons (Fsp3) is 0.471. The average Bonchev–Trinajstić information content (AvgIpc) is 2.42. The van der Waals surface area contributed by atoms with Crippen LogP contribution in [0, 0.1) is 5.41 Å². The number of primary sulfonamides is 1. The number of benzene rings is 1. The van der Waals surface area contributed by atoms with Gasteiger partial charge in [0.1, 0.15) is 11.2 Å². The molecule has 10 nitrogen and oxygen atoms in total. The minimum absolute atomic E-state index is 0.0400. The Morgan fingerprint density at radius 1 is 1.07 bits per heavy atom. The Morgan fingerprint density at radius 2 is 1.61 bits per heavy atom. The minimum atomic E-state index is -4.05. The van der Waals surface area contributed by atoms with Crippen molar-refractivity contribution in [3.05, 3.63) is 24.3 Å². The van der Waals surface area contributed by atoms with Gasteiger partial charge in [-0.05, 0) is 59.7 Å². The third kappa shape index (κ3) is 7.53. The highest BCUT2D eigenvalue weighted by atomic mass is 32.2. The molecular formula is C17H26N4O6S. The van der Waals surface area contributed by atoms with Crippen LogP contribution in [-0.2, 0) is 19.5 Å². The maximum atomic E-state index is 12.6. The second-order valence-electron chi connectivity index (χ2n) is 7.83. The van der Waals surface area contributed by atoms with E-state index in [-0.39, 0.29) is 10.6 Å². The molecule has 0 bridgehead atoms. The van der Waals surface area contributed by atoms with Gasteiger partial charge in [0.15, 0.2) is 0 Å². The van der Waals surface area contributed by atoms with Gasteiger partial charge in [-0.15, -0.1) is 0 Å². The van der Waals surface area contributed by atoms with Crippen LogP contribution in [0.5, 0.6) is 0 Å². The van der Waals surface area contributed by atoms with Gasteiger partial charge in [-0.3, -0.25) is 10.7 Å². The number of hydrogen-bond donors (Lipinski definition) is 3. The number of anilines is 1. The lowest BCUT2D eigenvalue weighted by atomic mass is 10.2. The lowest BCUT2D eigenvalue weighted by Gasteiger charge is -2.28. The number of ether oxygens (including phenoxy) is 2. The van der Waals surface area contributed by atoms with Crippen LogP contribution in [0.1, 0.15) is 41.5 Å². The number of nitrogens with one attached hydrogen (secondary N) is 2. The number of hydrogen-bond acceptors (Lipinski definition) is 7. The molecule has 156 valence electrons. The Labute approximate surface area is 164 Å². The maximum Gasteiger partial charge on any atom is 0.421 e. The van der Waals surface area contributed by atoms with E-state index in [0.29, 0.717) is 4.90 Å². The third-order valence-electron chi connectivity index (χ3n) is 2.82. The van der Waals surface area contributed by atoms with Gasteiger partial charge in [0, 0.05) is 0 Å². The fourth-order valence-electron chi connectivity index (χ4n) is 1.89. The van der Waals surface area contributed by atoms with Crippen LogP contribution in [0.4, 0.5) is 15.3 Å². The average molecular weight is 414 g/mol. The maximum absolute atomic E-state index is 12.6. The first-order valence-corrected chi connectivity index (χ1v) is 9.79. The minimum Gasteiger partial charge on any atom is -0.444 e. The number of nitrogens with zero attached hydrogens (tertiary/aromatic N) is 1. The van der Waals surface area contributed by atoms with Crippen molar-refractivity contribution in [1.29, 1.82) is 5.41 Å². The smallest absolute Gasteiger partial charge is 0.421 e. The summed E-state index contributed by atoms with van der Waals surface area (Å²) in [5.41, 5.74) is -1.77. The van der Waals surface area contributed by atoms with E-state index in [0.717, 1.165) is 6.07 Å². The molecule has 0 unspecified atom stereocenters. The monoisotopic (exact) mass is 414 g/mol. The Hall–Kier alpha value is -2.66. The molecule has 1 rings (SSSR count). The molecular weight excluding hydrogens is 388 g/mol. The zero-order valence-electron chi connectivity index (χ0n) is 16.7. The molecule has 0 aliphatic rings. The van der Waals surface area contributed by atoms with Crippen LogP contribution in [0.25, 0.3) is 0 Å². The molecule has 0 spiro atoms. The summed E-state index contributed by atoms with van der Waals surface area (Å²) in [5.74, 6) is -0.685. The number of nitrogens with two attached hydrogens (primary N) is 1. The number of rotatable bonds is 2. The second kappa shape index (κ2) is 8.15. The van der Waals surface area contributed by atoms with Crippen molar-refractivity contribution in [3.63, 3.8) is 0 Å². The molecule has 0 aliphatic carbocycles. The highest BCUT2D eigenvalue weighted by Crippen LogP contribution is 2.21. The van der Waals surface area contributed by atoms with Crippen molar-refractivity contribution in [3.8, 4) is 0 Å². The van der Waals surface area contributed by atoms with E-state index in [2.05, 4.69) is 5.32 Å². The Balaban J connectivity index is 3.29. The first kappa shape index (κ1) is 23.4. The number of sulfonamides is 1. The molecule has 11 heteroatoms. The number of guanidine groups is 1. The first-order chi connectivity index (χ1) is 12.5. The molecule has 2 amide bonds. The summed E-state index contributed by atoms with van der Waals surface area (Å²) in [6.07, 6.45) is -1.96. The molecule has 28 heavy (non-hydrogen) atoms. The topological polar surface area (TPSA) is 152 Å². The van der Waals surface area contributed by atoms with Gasteiger partial charge < -0.3 is 9.47 Å². The number of alkyl carbamates (subject to hydrolysis) is 1. The normalized spacial score (nSPS) is 12.1. The number of carbonyl (C=O) groups excluding carboxylic acids is 2. The Kier molecular flexibility index (Phi) is 6.80. The van der Waals surface area contributed by atoms with Gasteiger partial charge in [-0.25, -0.2) is 28.0 Å². The largest absolute Gasteiger partial charge is 0.444 e. The SMILES string of the molecule is CC(C)(C)OC(=O)NC(=N)N(C(=O)OC(C)(C)C)c1cccc(S(N)(=O)=O)c1. The number of carbonyl (C=O) groups is 2. The quantitative estimate of drug-likeness (QED) is 0.499. The van der Waals surface area contributed by atoms with Gasteiger partial charge >= 0.3 is 12.2 Å². The molecule has 1 aromatic rings. The number of amides is 2. The first-order valence-electron chi connectivity index (χ1n) is 8.24. The van der Waals surface area contributed by atoms with Crippen LogP contribution in [0.2, 0.25) is 0 Å². The van der Waals surface area contributed by atoms with Crippen molar-refractivity contribution in [2.45, 2.75) is 57.6 Å². The van der Waals surface area contributed by atoms with Crippen LogP contribution in [0.15, 0.2) is 29.2 Å². The summed E-state index contributed by atoms with van der Waals surface area (Å²) in [4.78, 5) is 25.0. The summed E-state index contributed by atoms with van der Waals surface area (Å²) in [6, 6.07) is 5.03. The van der Waals surface area contributed by atoms with Gasteiger partial charge in [-0.2, -0.15) is 0 Å². The molecule has 0 saturated heterocycles. The molecule has 0 atom stereocenters. The van der Waals surface area contributed by atoms with Crippen LogP contribution >= 0.6 is 0 Å². The predicted octanol–water partition coefficient (Wildman–Crippen LogP) is 2.53. The van der Waals surface area contributed by atoms with Crippen LogP contribution in [0.3, 0.4) is 0 Å². The lowest BCUT2D eigenvalue weighted by Crippen LogP contribution is -2.49. The van der Waals surface area contributed by atoms with Crippen molar-refractivity contribution in [2.75, 3.05) is 4.90 Å². The van der Waals surface area contributed by atoms with Crippen LogP contribution < -0.4 is 15.4 Å². The van der Waals surface area contributed by atoms with Gasteiger partial charge in [-0.1, -0.05) is 6.07 Å². The highest BCUT2D eigenvalue weighted by Gasteiger charge is 2.29. The molecule has 0 aromatic heterocycles. The lowest BCUT2D eigenvalue weighted by molar-refractivity contribution is 0.0559. The van der Waals surface area contributed by atoms with E-state index < -0.39 is 39.4 Å². The van der Waals surface area contributed by atoms with E-state index in [1.165, 1.54) is 18.2 Å². The zero-order chi connectivity index (χ0) is 21.9. The van der Waals surface area contributed by atoms with E-state index in [1.54, 1.807) is 41.5 Å². The summed E-state index contributed by atoms with van der Waals surface area (Å²) in [5, 5.41) is 15.4. The third-order valence-corrected chi connectivity index (χ3v) is 3.73. The standard InChI is InChI=1S/C17H26N4O6S/c1-16(2,3)26-14(22)20-13(18)21(15(23)27-17(4,5)6)11-8-7-9-12(10-11)28(19,24)25/h7-10H,1-6H3,(H2,18,20,22)(H2,19,24,25).